The maximum Gasteiger partial charge on any atom is 0.0812 e. The second kappa shape index (κ2) is 4.06. The summed E-state index contributed by atoms with van der Waals surface area (Å²) in [5.41, 5.74) is 1.04. The standard InChI is InChI=1S/C9H5BrINS/c10-8-5-6(11)9(13-8)7-3-1-2-4-12-7/h1-5H. The van der Waals surface area contributed by atoms with E-state index in [0.29, 0.717) is 0 Å². The molecule has 2 rings (SSSR count). The first kappa shape index (κ1) is 9.61. The van der Waals surface area contributed by atoms with E-state index in [9.17, 15) is 0 Å². The number of halogens is 2. The number of hydrogen-bond donors (Lipinski definition) is 0. The summed E-state index contributed by atoms with van der Waals surface area (Å²) in [6.07, 6.45) is 1.82. The van der Waals surface area contributed by atoms with Crippen molar-refractivity contribution in [1.29, 1.82) is 0 Å². The van der Waals surface area contributed by atoms with Crippen molar-refractivity contribution in [2.24, 2.45) is 0 Å². The average Bonchev–Trinajstić information content (AvgIpc) is 2.47. The Bertz CT molecular complexity index is 413. The fourth-order valence-corrected chi connectivity index (χ4v) is 4.04. The molecule has 2 heterocycles. The van der Waals surface area contributed by atoms with Crippen LogP contribution in [0, 0.1) is 3.57 Å². The molecule has 0 saturated carbocycles. The minimum absolute atomic E-state index is 1.04. The third-order valence-electron chi connectivity index (χ3n) is 1.55. The lowest BCUT2D eigenvalue weighted by atomic mass is 10.3. The van der Waals surface area contributed by atoms with E-state index in [0.717, 1.165) is 9.48 Å². The van der Waals surface area contributed by atoms with Crippen molar-refractivity contribution in [3.05, 3.63) is 37.8 Å². The molecule has 0 N–H and O–H groups in total. The second-order valence-corrected chi connectivity index (χ2v) is 6.04. The zero-order chi connectivity index (χ0) is 9.26. The van der Waals surface area contributed by atoms with Crippen LogP contribution in [0.15, 0.2) is 34.2 Å². The summed E-state index contributed by atoms with van der Waals surface area (Å²) >= 11 is 7.51. The minimum atomic E-state index is 1.04. The molecule has 0 radical (unpaired) electrons. The molecule has 0 amide bonds. The van der Waals surface area contributed by atoms with Gasteiger partial charge in [-0.3, -0.25) is 4.98 Å². The highest BCUT2D eigenvalue weighted by atomic mass is 127. The van der Waals surface area contributed by atoms with Crippen LogP contribution in [0.5, 0.6) is 0 Å². The molecule has 0 spiro atoms. The van der Waals surface area contributed by atoms with Gasteiger partial charge in [-0.1, -0.05) is 6.07 Å². The van der Waals surface area contributed by atoms with Crippen molar-refractivity contribution in [1.82, 2.24) is 4.98 Å². The third-order valence-corrected chi connectivity index (χ3v) is 4.43. The average molecular weight is 366 g/mol. The van der Waals surface area contributed by atoms with E-state index < -0.39 is 0 Å². The van der Waals surface area contributed by atoms with Crippen LogP contribution >= 0.6 is 49.9 Å². The van der Waals surface area contributed by atoms with Gasteiger partial charge in [-0.05, 0) is 56.7 Å². The van der Waals surface area contributed by atoms with E-state index in [2.05, 4.69) is 49.6 Å². The SMILES string of the molecule is Brc1cc(I)c(-c2ccccn2)s1. The number of hydrogen-bond acceptors (Lipinski definition) is 2. The van der Waals surface area contributed by atoms with Crippen molar-refractivity contribution in [3.63, 3.8) is 0 Å². The lowest BCUT2D eigenvalue weighted by Crippen LogP contribution is -1.78. The van der Waals surface area contributed by atoms with Crippen molar-refractivity contribution in [3.8, 4) is 10.6 Å². The predicted molar refractivity (Wildman–Crippen MR) is 68.0 cm³/mol. The van der Waals surface area contributed by atoms with E-state index in [1.165, 1.54) is 8.45 Å². The molecule has 0 unspecified atom stereocenters. The van der Waals surface area contributed by atoms with Crippen LogP contribution in [0.1, 0.15) is 0 Å². The normalized spacial score (nSPS) is 10.3. The molecule has 0 atom stereocenters. The van der Waals surface area contributed by atoms with Crippen molar-refractivity contribution in [2.75, 3.05) is 0 Å². The lowest BCUT2D eigenvalue weighted by Gasteiger charge is -1.95. The topological polar surface area (TPSA) is 12.9 Å². The van der Waals surface area contributed by atoms with Gasteiger partial charge in [0.1, 0.15) is 0 Å². The van der Waals surface area contributed by atoms with Crippen LogP contribution in [0.3, 0.4) is 0 Å². The summed E-state index contributed by atoms with van der Waals surface area (Å²) in [6.45, 7) is 0. The van der Waals surface area contributed by atoms with Crippen LogP contribution in [-0.2, 0) is 0 Å². The maximum atomic E-state index is 4.31. The molecule has 2 aromatic heterocycles. The van der Waals surface area contributed by atoms with Gasteiger partial charge in [-0.2, -0.15) is 0 Å². The molecule has 2 aromatic rings. The van der Waals surface area contributed by atoms with E-state index in [4.69, 9.17) is 0 Å². The summed E-state index contributed by atoms with van der Waals surface area (Å²) in [7, 11) is 0. The Balaban J connectivity index is 2.53. The molecule has 0 fully saturated rings. The predicted octanol–water partition coefficient (Wildman–Crippen LogP) is 4.18. The first-order valence-electron chi connectivity index (χ1n) is 3.63. The molecule has 0 bridgehead atoms. The smallest absolute Gasteiger partial charge is 0.0812 e. The number of thiophene rings is 1. The number of rotatable bonds is 1. The Morgan fingerprint density at radius 1 is 1.38 bits per heavy atom. The molecule has 0 aliphatic carbocycles. The Kier molecular flexibility index (Phi) is 3.00. The first-order chi connectivity index (χ1) is 6.27. The summed E-state index contributed by atoms with van der Waals surface area (Å²) < 4.78 is 2.39. The Labute approximate surface area is 102 Å². The van der Waals surface area contributed by atoms with Gasteiger partial charge in [-0.25, -0.2) is 0 Å². The van der Waals surface area contributed by atoms with Crippen LogP contribution in [0.2, 0.25) is 0 Å². The lowest BCUT2D eigenvalue weighted by molar-refractivity contribution is 1.34. The highest BCUT2D eigenvalue weighted by molar-refractivity contribution is 14.1. The molecule has 0 aliphatic rings. The fourth-order valence-electron chi connectivity index (χ4n) is 1.01. The quantitative estimate of drug-likeness (QED) is 0.691. The Morgan fingerprint density at radius 2 is 2.23 bits per heavy atom. The first-order valence-corrected chi connectivity index (χ1v) is 6.32. The van der Waals surface area contributed by atoms with Gasteiger partial charge in [0.25, 0.3) is 0 Å². The van der Waals surface area contributed by atoms with Gasteiger partial charge in [0.05, 0.1) is 14.4 Å². The van der Waals surface area contributed by atoms with E-state index in [-0.39, 0.29) is 0 Å². The Hall–Kier alpha value is 0.0600. The molecule has 0 aliphatic heterocycles. The molecular formula is C9H5BrINS. The molecule has 13 heavy (non-hydrogen) atoms. The summed E-state index contributed by atoms with van der Waals surface area (Å²) in [6, 6.07) is 8.07. The number of pyridine rings is 1. The van der Waals surface area contributed by atoms with Gasteiger partial charge in [0, 0.05) is 9.77 Å². The van der Waals surface area contributed by atoms with Gasteiger partial charge < -0.3 is 0 Å². The van der Waals surface area contributed by atoms with E-state index in [1.54, 1.807) is 11.3 Å². The van der Waals surface area contributed by atoms with Crippen LogP contribution in [-0.4, -0.2) is 4.98 Å². The zero-order valence-electron chi connectivity index (χ0n) is 6.50. The van der Waals surface area contributed by atoms with Gasteiger partial charge in [-0.15, -0.1) is 11.3 Å². The molecule has 66 valence electrons. The van der Waals surface area contributed by atoms with E-state index >= 15 is 0 Å². The second-order valence-electron chi connectivity index (χ2n) is 2.44. The van der Waals surface area contributed by atoms with Gasteiger partial charge in [0.15, 0.2) is 0 Å². The van der Waals surface area contributed by atoms with Crippen molar-refractivity contribution in [2.45, 2.75) is 0 Å². The van der Waals surface area contributed by atoms with Gasteiger partial charge in [0.2, 0.25) is 0 Å². The molecule has 1 nitrogen and oxygen atoms in total. The van der Waals surface area contributed by atoms with Crippen LogP contribution in [0.25, 0.3) is 10.6 Å². The monoisotopic (exact) mass is 365 g/mol. The molecule has 4 heteroatoms. The van der Waals surface area contributed by atoms with Crippen molar-refractivity contribution >= 4 is 49.9 Å². The van der Waals surface area contributed by atoms with Crippen LogP contribution in [0.4, 0.5) is 0 Å². The van der Waals surface area contributed by atoms with E-state index in [1.807, 2.05) is 24.4 Å². The largest absolute Gasteiger partial charge is 0.255 e. The number of nitrogens with zero attached hydrogens (tertiary/aromatic N) is 1. The minimum Gasteiger partial charge on any atom is -0.255 e. The highest BCUT2D eigenvalue weighted by Gasteiger charge is 2.07. The highest BCUT2D eigenvalue weighted by Crippen LogP contribution is 2.35. The zero-order valence-corrected chi connectivity index (χ0v) is 11.1. The van der Waals surface area contributed by atoms with Crippen LogP contribution < -0.4 is 0 Å². The fraction of sp³-hybridized carbons (Fsp3) is 0. The van der Waals surface area contributed by atoms with Gasteiger partial charge >= 0.3 is 0 Å². The van der Waals surface area contributed by atoms with Crippen molar-refractivity contribution < 1.29 is 0 Å². The summed E-state index contributed by atoms with van der Waals surface area (Å²) in [5, 5.41) is 0. The molecular weight excluding hydrogens is 361 g/mol. The summed E-state index contributed by atoms with van der Waals surface area (Å²) in [4.78, 5) is 5.54. The third kappa shape index (κ3) is 2.11. The number of aromatic nitrogens is 1. The molecule has 0 saturated heterocycles. The molecule has 0 aromatic carbocycles. The maximum absolute atomic E-state index is 4.31. The summed E-state index contributed by atoms with van der Waals surface area (Å²) in [5.74, 6) is 0. The Morgan fingerprint density at radius 3 is 2.77 bits per heavy atom.